The van der Waals surface area contributed by atoms with E-state index in [0.29, 0.717) is 22.4 Å². The number of benzene rings is 1. The minimum Gasteiger partial charge on any atom is -0.377 e. The predicted octanol–water partition coefficient (Wildman–Crippen LogP) is 3.91. The van der Waals surface area contributed by atoms with Gasteiger partial charge in [-0.25, -0.2) is 13.4 Å². The third kappa shape index (κ3) is 6.91. The molecule has 1 fully saturated rings. The Hall–Kier alpha value is -3.21. The molecule has 35 heavy (non-hydrogen) atoms. The van der Waals surface area contributed by atoms with Crippen LogP contribution < -0.4 is 20.7 Å². The summed E-state index contributed by atoms with van der Waals surface area (Å²) in [5.41, 5.74) is 2.21. The number of halogens is 1. The summed E-state index contributed by atoms with van der Waals surface area (Å²) in [6.45, 7) is 1.83. The highest BCUT2D eigenvalue weighted by atomic mass is 35.5. The van der Waals surface area contributed by atoms with Crippen LogP contribution in [0.4, 0.5) is 17.2 Å². The van der Waals surface area contributed by atoms with Crippen LogP contribution in [0.25, 0.3) is 0 Å². The van der Waals surface area contributed by atoms with Crippen molar-refractivity contribution in [2.24, 2.45) is 5.92 Å². The highest BCUT2D eigenvalue weighted by Gasteiger charge is 2.27. The van der Waals surface area contributed by atoms with E-state index in [0.717, 1.165) is 37.8 Å². The van der Waals surface area contributed by atoms with Crippen molar-refractivity contribution in [3.8, 4) is 0 Å². The van der Waals surface area contributed by atoms with Crippen LogP contribution >= 0.6 is 11.6 Å². The van der Waals surface area contributed by atoms with Crippen molar-refractivity contribution in [2.45, 2.75) is 18.9 Å². The van der Waals surface area contributed by atoms with E-state index in [1.165, 1.54) is 12.3 Å². The molecule has 0 radical (unpaired) electrons. The number of nitrogens with one attached hydrogen (secondary N) is 4. The van der Waals surface area contributed by atoms with E-state index in [2.05, 4.69) is 30.6 Å². The van der Waals surface area contributed by atoms with Crippen molar-refractivity contribution >= 4 is 44.7 Å². The lowest BCUT2D eigenvalue weighted by molar-refractivity contribution is 0.102. The van der Waals surface area contributed by atoms with E-state index in [-0.39, 0.29) is 17.3 Å². The first-order valence-corrected chi connectivity index (χ1v) is 13.5. The molecule has 1 aliphatic rings. The quantitative estimate of drug-likeness (QED) is 0.359. The molecular formula is C24H27ClN6O3S. The molecule has 3 aromatic rings. The van der Waals surface area contributed by atoms with Gasteiger partial charge in [0, 0.05) is 30.0 Å². The Morgan fingerprint density at radius 2 is 1.86 bits per heavy atom. The maximum atomic E-state index is 13.3. The van der Waals surface area contributed by atoms with Gasteiger partial charge in [-0.05, 0) is 79.9 Å². The summed E-state index contributed by atoms with van der Waals surface area (Å²) in [6, 6.07) is 12.0. The zero-order valence-electron chi connectivity index (χ0n) is 19.2. The van der Waals surface area contributed by atoms with Gasteiger partial charge in [-0.2, -0.15) is 0 Å². The molecule has 1 saturated heterocycles. The molecule has 1 aliphatic heterocycles. The van der Waals surface area contributed by atoms with E-state index in [1.54, 1.807) is 36.7 Å². The lowest BCUT2D eigenvalue weighted by Crippen LogP contribution is -2.33. The molecule has 0 bridgehead atoms. The lowest BCUT2D eigenvalue weighted by Gasteiger charge is -2.33. The van der Waals surface area contributed by atoms with Crippen LogP contribution in [0.1, 0.15) is 34.8 Å². The summed E-state index contributed by atoms with van der Waals surface area (Å²) in [5, 5.41) is 10.2. The molecule has 11 heteroatoms. The van der Waals surface area contributed by atoms with Crippen molar-refractivity contribution in [1.82, 2.24) is 15.3 Å². The Morgan fingerprint density at radius 3 is 2.51 bits per heavy atom. The molecule has 3 heterocycles. The van der Waals surface area contributed by atoms with E-state index < -0.39 is 15.9 Å². The van der Waals surface area contributed by atoms with Gasteiger partial charge in [0.15, 0.2) is 0 Å². The zero-order chi connectivity index (χ0) is 24.8. The van der Waals surface area contributed by atoms with Gasteiger partial charge in [-0.3, -0.25) is 14.5 Å². The molecule has 4 rings (SSSR count). The number of hydrogen-bond donors (Lipinski definition) is 4. The standard InChI is InChI=1S/C24H27ClN6O3S/c1-35(33,34)31-19-3-4-21(20(14-19)24(32)30-22-5-2-18(25)15-28-22)29-23(16-6-10-26-11-7-16)17-8-12-27-13-9-17/h2-7,10-11,14-15,17,23,27,29,31H,8-9,12-13H2,1H3,(H,28,30,32). The van der Waals surface area contributed by atoms with Crippen LogP contribution in [0.3, 0.4) is 0 Å². The molecular weight excluding hydrogens is 488 g/mol. The molecule has 0 aliphatic carbocycles. The Morgan fingerprint density at radius 1 is 1.11 bits per heavy atom. The summed E-state index contributed by atoms with van der Waals surface area (Å²) in [4.78, 5) is 21.6. The minimum atomic E-state index is -3.52. The van der Waals surface area contributed by atoms with E-state index in [1.807, 2.05) is 12.1 Å². The number of carbonyl (C=O) groups excluding carboxylic acids is 1. The number of hydrogen-bond acceptors (Lipinski definition) is 7. The summed E-state index contributed by atoms with van der Waals surface area (Å²) in [5.74, 6) is 0.232. The number of sulfonamides is 1. The van der Waals surface area contributed by atoms with Crippen LogP contribution in [-0.4, -0.2) is 43.6 Å². The number of anilines is 3. The molecule has 0 saturated carbocycles. The number of rotatable bonds is 8. The molecule has 1 atom stereocenters. The Labute approximate surface area is 209 Å². The molecule has 4 N–H and O–H groups in total. The summed E-state index contributed by atoms with van der Waals surface area (Å²) in [7, 11) is -3.52. The fraction of sp³-hybridized carbons (Fsp3) is 0.292. The number of carbonyl (C=O) groups is 1. The normalized spacial score (nSPS) is 15.3. The van der Waals surface area contributed by atoms with Gasteiger partial charge in [-0.1, -0.05) is 11.6 Å². The summed E-state index contributed by atoms with van der Waals surface area (Å²) in [6.07, 6.45) is 7.96. The van der Waals surface area contributed by atoms with E-state index in [4.69, 9.17) is 11.6 Å². The highest BCUT2D eigenvalue weighted by molar-refractivity contribution is 7.92. The maximum Gasteiger partial charge on any atom is 0.258 e. The average Bonchev–Trinajstić information content (AvgIpc) is 2.84. The summed E-state index contributed by atoms with van der Waals surface area (Å²) >= 11 is 5.90. The third-order valence-corrected chi connectivity index (χ3v) is 6.60. The van der Waals surface area contributed by atoms with E-state index in [9.17, 15) is 13.2 Å². The first kappa shape index (κ1) is 24.9. The average molecular weight is 515 g/mol. The number of piperidine rings is 1. The monoisotopic (exact) mass is 514 g/mol. The second-order valence-electron chi connectivity index (χ2n) is 8.44. The number of nitrogens with zero attached hydrogens (tertiary/aromatic N) is 2. The van der Waals surface area contributed by atoms with Crippen molar-refractivity contribution in [1.29, 1.82) is 0 Å². The Kier molecular flexibility index (Phi) is 7.84. The maximum absolute atomic E-state index is 13.3. The van der Waals surface area contributed by atoms with Gasteiger partial charge in [0.25, 0.3) is 5.91 Å². The number of amides is 1. The second kappa shape index (κ2) is 11.0. The van der Waals surface area contributed by atoms with Gasteiger partial charge in [0.1, 0.15) is 5.82 Å². The van der Waals surface area contributed by atoms with Crippen LogP contribution in [-0.2, 0) is 10.0 Å². The van der Waals surface area contributed by atoms with Crippen LogP contribution in [0.2, 0.25) is 5.02 Å². The van der Waals surface area contributed by atoms with Crippen molar-refractivity contribution in [2.75, 3.05) is 34.7 Å². The van der Waals surface area contributed by atoms with Crippen molar-refractivity contribution < 1.29 is 13.2 Å². The fourth-order valence-corrected chi connectivity index (χ4v) is 4.83. The fourth-order valence-electron chi connectivity index (χ4n) is 4.16. The molecule has 0 spiro atoms. The van der Waals surface area contributed by atoms with Gasteiger partial charge in [0.2, 0.25) is 10.0 Å². The van der Waals surface area contributed by atoms with Crippen LogP contribution in [0.5, 0.6) is 0 Å². The van der Waals surface area contributed by atoms with Crippen LogP contribution in [0, 0.1) is 5.92 Å². The van der Waals surface area contributed by atoms with Crippen molar-refractivity contribution in [3.63, 3.8) is 0 Å². The first-order chi connectivity index (χ1) is 16.8. The molecule has 184 valence electrons. The van der Waals surface area contributed by atoms with Gasteiger partial charge in [0.05, 0.1) is 22.9 Å². The molecule has 2 aromatic heterocycles. The summed E-state index contributed by atoms with van der Waals surface area (Å²) < 4.78 is 26.0. The van der Waals surface area contributed by atoms with Gasteiger partial charge < -0.3 is 16.0 Å². The molecule has 9 nitrogen and oxygen atoms in total. The minimum absolute atomic E-state index is 0.0611. The lowest BCUT2D eigenvalue weighted by atomic mass is 9.86. The number of pyridine rings is 2. The third-order valence-electron chi connectivity index (χ3n) is 5.77. The Balaban J connectivity index is 1.69. The van der Waals surface area contributed by atoms with Gasteiger partial charge >= 0.3 is 0 Å². The van der Waals surface area contributed by atoms with Gasteiger partial charge in [-0.15, -0.1) is 0 Å². The number of aromatic nitrogens is 2. The zero-order valence-corrected chi connectivity index (χ0v) is 20.7. The van der Waals surface area contributed by atoms with E-state index >= 15 is 0 Å². The van der Waals surface area contributed by atoms with Crippen LogP contribution in [0.15, 0.2) is 61.1 Å². The SMILES string of the molecule is CS(=O)(=O)Nc1ccc(NC(c2ccncc2)C2CCNCC2)c(C(=O)Nc2ccc(Cl)cn2)c1. The molecule has 1 unspecified atom stereocenters. The second-order valence-corrected chi connectivity index (χ2v) is 10.6. The molecule has 1 amide bonds. The van der Waals surface area contributed by atoms with Crippen molar-refractivity contribution in [3.05, 3.63) is 77.2 Å². The predicted molar refractivity (Wildman–Crippen MR) is 138 cm³/mol. The Bertz CT molecular complexity index is 1270. The largest absolute Gasteiger partial charge is 0.377 e. The topological polar surface area (TPSA) is 125 Å². The first-order valence-electron chi connectivity index (χ1n) is 11.2. The smallest absolute Gasteiger partial charge is 0.258 e. The highest BCUT2D eigenvalue weighted by Crippen LogP contribution is 2.34. The molecule has 1 aromatic carbocycles.